The monoisotopic (exact) mass is 133 g/mol. The molecule has 0 radical (unpaired) electrons. The first-order valence-corrected chi connectivity index (χ1v) is 3.30. The lowest BCUT2D eigenvalue weighted by Gasteiger charge is -2.11. The largest absolute Gasteiger partial charge is 0.375 e. The van der Waals surface area contributed by atoms with Crippen molar-refractivity contribution in [2.75, 3.05) is 13.2 Å². The van der Waals surface area contributed by atoms with Gasteiger partial charge in [0.15, 0.2) is 0 Å². The van der Waals surface area contributed by atoms with Gasteiger partial charge in [-0.3, -0.25) is 0 Å². The fourth-order valence-corrected chi connectivity index (χ4v) is 1.04. The van der Waals surface area contributed by atoms with Crippen LogP contribution in [0.4, 0.5) is 4.39 Å². The smallest absolute Gasteiger partial charge is 0.138 e. The molecule has 0 bridgehead atoms. The van der Waals surface area contributed by atoms with E-state index >= 15 is 0 Å². The summed E-state index contributed by atoms with van der Waals surface area (Å²) in [6.45, 7) is 0.787. The van der Waals surface area contributed by atoms with E-state index in [1.54, 1.807) is 0 Å². The zero-order valence-electron chi connectivity index (χ0n) is 5.35. The summed E-state index contributed by atoms with van der Waals surface area (Å²) < 4.78 is 17.6. The van der Waals surface area contributed by atoms with E-state index in [1.807, 2.05) is 0 Å². The van der Waals surface area contributed by atoms with Gasteiger partial charge in [0.2, 0.25) is 0 Å². The minimum atomic E-state index is -0.951. The second-order valence-corrected chi connectivity index (χ2v) is 2.30. The number of hydrogen-bond donors (Lipinski definition) is 1. The second-order valence-electron chi connectivity index (χ2n) is 2.30. The Labute approximate surface area is 54.2 Å². The maximum atomic E-state index is 12.6. The number of hydrogen-bond acceptors (Lipinski definition) is 2. The molecule has 1 heterocycles. The van der Waals surface area contributed by atoms with Crippen LogP contribution in [-0.4, -0.2) is 25.4 Å². The number of halogens is 1. The zero-order valence-corrected chi connectivity index (χ0v) is 5.35. The fourth-order valence-electron chi connectivity index (χ4n) is 1.04. The van der Waals surface area contributed by atoms with Crippen molar-refractivity contribution < 1.29 is 9.13 Å². The molecule has 0 spiro atoms. The van der Waals surface area contributed by atoms with Crippen LogP contribution in [0.15, 0.2) is 0 Å². The molecular formula is C6H12FNO. The average molecular weight is 133 g/mol. The van der Waals surface area contributed by atoms with Gasteiger partial charge in [-0.05, 0) is 12.8 Å². The van der Waals surface area contributed by atoms with Gasteiger partial charge >= 0.3 is 0 Å². The van der Waals surface area contributed by atoms with Crippen LogP contribution in [0.3, 0.4) is 0 Å². The summed E-state index contributed by atoms with van der Waals surface area (Å²) >= 11 is 0. The van der Waals surface area contributed by atoms with Crippen LogP contribution in [0, 0.1) is 0 Å². The highest BCUT2D eigenvalue weighted by Crippen LogP contribution is 2.16. The summed E-state index contributed by atoms with van der Waals surface area (Å²) in [5.41, 5.74) is 5.10. The van der Waals surface area contributed by atoms with Crippen molar-refractivity contribution in [2.24, 2.45) is 5.73 Å². The van der Waals surface area contributed by atoms with Crippen molar-refractivity contribution in [3.63, 3.8) is 0 Å². The summed E-state index contributed by atoms with van der Waals surface area (Å²) in [7, 11) is 0. The maximum Gasteiger partial charge on any atom is 0.138 e. The molecule has 2 nitrogen and oxygen atoms in total. The zero-order chi connectivity index (χ0) is 6.69. The van der Waals surface area contributed by atoms with E-state index in [4.69, 9.17) is 10.5 Å². The summed E-state index contributed by atoms with van der Waals surface area (Å²) in [5, 5.41) is 0. The first kappa shape index (κ1) is 6.96. The molecule has 0 saturated carbocycles. The third-order valence-corrected chi connectivity index (χ3v) is 1.59. The summed E-state index contributed by atoms with van der Waals surface area (Å²) in [6, 6.07) is 0. The molecule has 1 aliphatic rings. The van der Waals surface area contributed by atoms with Gasteiger partial charge in [-0.2, -0.15) is 0 Å². The van der Waals surface area contributed by atoms with Crippen LogP contribution >= 0.6 is 0 Å². The molecule has 2 unspecified atom stereocenters. The maximum absolute atomic E-state index is 12.6. The molecule has 1 saturated heterocycles. The van der Waals surface area contributed by atoms with Crippen LogP contribution in [0.2, 0.25) is 0 Å². The molecular weight excluding hydrogens is 121 g/mol. The first-order valence-electron chi connectivity index (χ1n) is 3.30. The lowest BCUT2D eigenvalue weighted by molar-refractivity contribution is 0.0470. The molecule has 9 heavy (non-hydrogen) atoms. The van der Waals surface area contributed by atoms with Gasteiger partial charge in [-0.1, -0.05) is 0 Å². The van der Waals surface area contributed by atoms with Gasteiger partial charge in [0, 0.05) is 13.2 Å². The van der Waals surface area contributed by atoms with E-state index in [2.05, 4.69) is 0 Å². The van der Waals surface area contributed by atoms with Crippen LogP contribution in [0.25, 0.3) is 0 Å². The average Bonchev–Trinajstić information content (AvgIpc) is 2.37. The SMILES string of the molecule is NCC(F)C1CCCO1. The highest BCUT2D eigenvalue weighted by Gasteiger charge is 2.23. The molecule has 1 rings (SSSR count). The van der Waals surface area contributed by atoms with Gasteiger partial charge in [0.1, 0.15) is 6.17 Å². The normalized spacial score (nSPS) is 30.7. The van der Waals surface area contributed by atoms with Crippen LogP contribution in [0.5, 0.6) is 0 Å². The fraction of sp³-hybridized carbons (Fsp3) is 1.00. The van der Waals surface area contributed by atoms with Gasteiger partial charge < -0.3 is 10.5 Å². The summed E-state index contributed by atoms with van der Waals surface area (Å²) in [5.74, 6) is 0. The van der Waals surface area contributed by atoms with E-state index in [0.717, 1.165) is 12.8 Å². The highest BCUT2D eigenvalue weighted by atomic mass is 19.1. The van der Waals surface area contributed by atoms with E-state index in [-0.39, 0.29) is 12.6 Å². The molecule has 1 fully saturated rings. The van der Waals surface area contributed by atoms with E-state index in [0.29, 0.717) is 6.61 Å². The van der Waals surface area contributed by atoms with Crippen molar-refractivity contribution >= 4 is 0 Å². The van der Waals surface area contributed by atoms with Gasteiger partial charge in [-0.25, -0.2) is 4.39 Å². The Morgan fingerprint density at radius 1 is 1.78 bits per heavy atom. The number of nitrogens with two attached hydrogens (primary N) is 1. The minimum absolute atomic E-state index is 0.0880. The summed E-state index contributed by atoms with van der Waals surface area (Å²) in [4.78, 5) is 0. The third-order valence-electron chi connectivity index (χ3n) is 1.59. The van der Waals surface area contributed by atoms with E-state index in [9.17, 15) is 4.39 Å². The molecule has 2 N–H and O–H groups in total. The second kappa shape index (κ2) is 3.13. The Balaban J connectivity index is 2.24. The van der Waals surface area contributed by atoms with E-state index < -0.39 is 6.17 Å². The van der Waals surface area contributed by atoms with Crippen molar-refractivity contribution in [2.45, 2.75) is 25.1 Å². The Kier molecular flexibility index (Phi) is 2.42. The van der Waals surface area contributed by atoms with Crippen molar-refractivity contribution in [1.82, 2.24) is 0 Å². The van der Waals surface area contributed by atoms with Crippen molar-refractivity contribution in [1.29, 1.82) is 0 Å². The Morgan fingerprint density at radius 2 is 2.56 bits per heavy atom. The number of ether oxygens (including phenoxy) is 1. The molecule has 0 aromatic rings. The standard InChI is InChI=1S/C6H12FNO/c7-5(4-8)6-2-1-3-9-6/h5-6H,1-4,8H2. The molecule has 0 aromatic carbocycles. The molecule has 1 aliphatic heterocycles. The topological polar surface area (TPSA) is 35.2 Å². The molecule has 3 heteroatoms. The molecule has 0 aliphatic carbocycles. The van der Waals surface area contributed by atoms with Gasteiger partial charge in [-0.15, -0.1) is 0 Å². The Hall–Kier alpha value is -0.150. The van der Waals surface area contributed by atoms with E-state index in [1.165, 1.54) is 0 Å². The molecule has 54 valence electrons. The van der Waals surface area contributed by atoms with Gasteiger partial charge in [0.05, 0.1) is 6.10 Å². The molecule has 2 atom stereocenters. The Morgan fingerprint density at radius 3 is 3.00 bits per heavy atom. The lowest BCUT2D eigenvalue weighted by atomic mass is 10.1. The van der Waals surface area contributed by atoms with Crippen molar-refractivity contribution in [3.05, 3.63) is 0 Å². The highest BCUT2D eigenvalue weighted by molar-refractivity contribution is 4.73. The first-order chi connectivity index (χ1) is 4.34. The lowest BCUT2D eigenvalue weighted by Crippen LogP contribution is -2.28. The third kappa shape index (κ3) is 1.63. The predicted octanol–water partition coefficient (Wildman–Crippen LogP) is 0.462. The van der Waals surface area contributed by atoms with Crippen molar-refractivity contribution in [3.8, 4) is 0 Å². The predicted molar refractivity (Wildman–Crippen MR) is 32.9 cm³/mol. The number of rotatable bonds is 2. The molecule has 0 aromatic heterocycles. The Bertz CT molecular complexity index is 83.1. The van der Waals surface area contributed by atoms with Crippen LogP contribution in [-0.2, 0) is 4.74 Å². The summed E-state index contributed by atoms with van der Waals surface area (Å²) in [6.07, 6.45) is 0.645. The molecule has 0 amide bonds. The minimum Gasteiger partial charge on any atom is -0.375 e. The quantitative estimate of drug-likeness (QED) is 0.594. The van der Waals surface area contributed by atoms with Gasteiger partial charge in [0.25, 0.3) is 0 Å². The number of alkyl halides is 1. The van der Waals surface area contributed by atoms with Crippen LogP contribution < -0.4 is 5.73 Å². The van der Waals surface area contributed by atoms with Crippen LogP contribution in [0.1, 0.15) is 12.8 Å².